The molecular formula is C40H61N5O7S. The van der Waals surface area contributed by atoms with Crippen LogP contribution in [0.4, 0.5) is 0 Å². The fraction of sp³-hybridized carbons (Fsp3) is 0.650. The molecule has 1 aliphatic rings. The molecule has 0 bridgehead atoms. The lowest BCUT2D eigenvalue weighted by Gasteiger charge is -2.38. The standard InChI is InChI=1S/C40H61N5O7S/c1-9-16-34(46)52-33(38-42-30(24-53-38)36(47)41-29(21-27(6)40(50)51)22-28-17-12-11-13-18-28)23-32(25(3)4)45(8)39(49)35(26(5)10-2)43-37(48)31-19-14-15-20-44(31)7/h11-13,17-18,24-27,29,31-33,35H,9-10,14-16,19-23H2,1-8H3,(H,41,47)(H,43,48)(H,50,51)/t26-,27?,29?,31+,32+,33+,35-/m0/s1. The van der Waals surface area contributed by atoms with Gasteiger partial charge in [-0.25, -0.2) is 4.98 Å². The second-order valence-corrected chi connectivity index (χ2v) is 15.9. The van der Waals surface area contributed by atoms with Gasteiger partial charge in [0.05, 0.1) is 12.0 Å². The van der Waals surface area contributed by atoms with E-state index < -0.39 is 48.0 Å². The third-order valence-electron chi connectivity index (χ3n) is 10.4. The number of nitrogens with one attached hydrogen (secondary N) is 2. The average molecular weight is 756 g/mol. The number of hydrogen-bond acceptors (Lipinski definition) is 9. The van der Waals surface area contributed by atoms with Gasteiger partial charge in [0, 0.05) is 37.4 Å². The maximum Gasteiger partial charge on any atom is 0.306 e. The minimum absolute atomic E-state index is 0.0493. The van der Waals surface area contributed by atoms with Gasteiger partial charge in [-0.05, 0) is 63.1 Å². The first-order valence-electron chi connectivity index (χ1n) is 19.2. The van der Waals surface area contributed by atoms with Crippen molar-refractivity contribution in [1.82, 2.24) is 25.4 Å². The molecule has 13 heteroatoms. The van der Waals surface area contributed by atoms with Crippen LogP contribution in [0.25, 0.3) is 0 Å². The van der Waals surface area contributed by atoms with E-state index in [4.69, 9.17) is 4.74 Å². The summed E-state index contributed by atoms with van der Waals surface area (Å²) >= 11 is 1.20. The molecular weight excluding hydrogens is 695 g/mol. The van der Waals surface area contributed by atoms with E-state index in [-0.39, 0.29) is 54.6 Å². The van der Waals surface area contributed by atoms with E-state index in [1.54, 1.807) is 24.3 Å². The van der Waals surface area contributed by atoms with E-state index >= 15 is 0 Å². The smallest absolute Gasteiger partial charge is 0.306 e. The minimum Gasteiger partial charge on any atom is -0.481 e. The number of nitrogens with zero attached hydrogens (tertiary/aromatic N) is 3. The molecule has 1 aromatic carbocycles. The molecule has 53 heavy (non-hydrogen) atoms. The van der Waals surface area contributed by atoms with Gasteiger partial charge in [0.15, 0.2) is 6.10 Å². The summed E-state index contributed by atoms with van der Waals surface area (Å²) in [6.45, 7) is 12.3. The highest BCUT2D eigenvalue weighted by Crippen LogP contribution is 2.31. The molecule has 1 aromatic heterocycles. The van der Waals surface area contributed by atoms with Crippen LogP contribution in [-0.2, 0) is 30.3 Å². The van der Waals surface area contributed by atoms with Crippen molar-refractivity contribution in [1.29, 1.82) is 0 Å². The number of likely N-dealkylation sites (tertiary alicyclic amines) is 1. The molecule has 2 unspecified atom stereocenters. The summed E-state index contributed by atoms with van der Waals surface area (Å²) in [6, 6.07) is 7.71. The molecule has 294 valence electrons. The van der Waals surface area contributed by atoms with Gasteiger partial charge >= 0.3 is 11.9 Å². The van der Waals surface area contributed by atoms with E-state index in [9.17, 15) is 29.1 Å². The van der Waals surface area contributed by atoms with Crippen LogP contribution in [0.15, 0.2) is 35.7 Å². The molecule has 3 rings (SSSR count). The largest absolute Gasteiger partial charge is 0.481 e. The van der Waals surface area contributed by atoms with Crippen molar-refractivity contribution in [3.8, 4) is 0 Å². The summed E-state index contributed by atoms with van der Waals surface area (Å²) in [7, 11) is 3.68. The fourth-order valence-electron chi connectivity index (χ4n) is 6.86. The quantitative estimate of drug-likeness (QED) is 0.141. The van der Waals surface area contributed by atoms with Crippen LogP contribution >= 0.6 is 11.3 Å². The number of carboxylic acids is 1. The molecule has 1 fully saturated rings. The second-order valence-electron chi connectivity index (χ2n) is 15.0. The van der Waals surface area contributed by atoms with Crippen LogP contribution in [-0.4, -0.2) is 94.4 Å². The highest BCUT2D eigenvalue weighted by molar-refractivity contribution is 7.09. The van der Waals surface area contributed by atoms with Gasteiger partial charge in [-0.2, -0.15) is 0 Å². The Morgan fingerprint density at radius 2 is 1.74 bits per heavy atom. The Hall–Kier alpha value is -3.84. The van der Waals surface area contributed by atoms with Crippen molar-refractivity contribution in [3.05, 3.63) is 52.0 Å². The second kappa shape index (κ2) is 21.2. The number of rotatable bonds is 20. The summed E-state index contributed by atoms with van der Waals surface area (Å²) in [5.74, 6) is -2.97. The normalized spacial score (nSPS) is 18.2. The van der Waals surface area contributed by atoms with Crippen LogP contribution in [0.1, 0.15) is 120 Å². The van der Waals surface area contributed by atoms with Crippen molar-refractivity contribution in [2.24, 2.45) is 17.8 Å². The van der Waals surface area contributed by atoms with E-state index in [0.717, 1.165) is 31.4 Å². The van der Waals surface area contributed by atoms with Crippen molar-refractivity contribution in [2.45, 2.75) is 130 Å². The zero-order chi connectivity index (χ0) is 39.2. The fourth-order valence-corrected chi connectivity index (χ4v) is 7.70. The van der Waals surface area contributed by atoms with Crippen molar-refractivity contribution in [3.63, 3.8) is 0 Å². The summed E-state index contributed by atoms with van der Waals surface area (Å²) in [5, 5.41) is 17.7. The van der Waals surface area contributed by atoms with Gasteiger partial charge < -0.3 is 25.4 Å². The monoisotopic (exact) mass is 755 g/mol. The molecule has 0 spiro atoms. The van der Waals surface area contributed by atoms with Crippen LogP contribution in [0.3, 0.4) is 0 Å². The Morgan fingerprint density at radius 1 is 1.04 bits per heavy atom. The molecule has 3 amide bonds. The molecule has 0 saturated carbocycles. The Morgan fingerprint density at radius 3 is 2.34 bits per heavy atom. The number of ether oxygens (including phenoxy) is 1. The molecule has 1 aliphatic heterocycles. The number of benzene rings is 1. The number of aromatic nitrogens is 1. The Balaban J connectivity index is 1.85. The van der Waals surface area contributed by atoms with Crippen molar-refractivity contribution >= 4 is 41.0 Å². The third kappa shape index (κ3) is 12.9. The van der Waals surface area contributed by atoms with E-state index in [1.807, 2.05) is 72.0 Å². The summed E-state index contributed by atoms with van der Waals surface area (Å²) < 4.78 is 6.00. The molecule has 0 radical (unpaired) electrons. The van der Waals surface area contributed by atoms with Crippen LogP contribution in [0.5, 0.6) is 0 Å². The molecule has 2 aromatic rings. The average Bonchev–Trinajstić information content (AvgIpc) is 3.62. The first-order valence-corrected chi connectivity index (χ1v) is 20.0. The predicted octanol–water partition coefficient (Wildman–Crippen LogP) is 5.87. The number of amides is 3. The SMILES string of the molecule is CCCC(=O)O[C@H](C[C@H](C(C)C)N(C)C(=O)[C@@H](NC(=O)[C@H]1CCCCN1C)[C@@H](C)CC)c1nc(C(=O)NC(Cc2ccccc2)CC(C)C(=O)O)cs1. The lowest BCUT2D eigenvalue weighted by Crippen LogP contribution is -2.58. The van der Waals surface area contributed by atoms with Gasteiger partial charge in [-0.15, -0.1) is 11.3 Å². The van der Waals surface area contributed by atoms with Gasteiger partial charge in [0.25, 0.3) is 5.91 Å². The number of carboxylic acid groups (broad SMARTS) is 1. The molecule has 2 heterocycles. The van der Waals surface area contributed by atoms with Crippen LogP contribution in [0, 0.1) is 17.8 Å². The van der Waals surface area contributed by atoms with Gasteiger partial charge in [0.2, 0.25) is 11.8 Å². The maximum atomic E-state index is 14.3. The topological polar surface area (TPSA) is 158 Å². The van der Waals surface area contributed by atoms with E-state index in [2.05, 4.69) is 20.5 Å². The zero-order valence-electron chi connectivity index (χ0n) is 32.8. The molecule has 0 aliphatic carbocycles. The van der Waals surface area contributed by atoms with Crippen LogP contribution in [0.2, 0.25) is 0 Å². The Kier molecular flexibility index (Phi) is 17.4. The van der Waals surface area contributed by atoms with E-state index in [0.29, 0.717) is 24.3 Å². The number of hydrogen-bond donors (Lipinski definition) is 3. The number of piperidine rings is 1. The molecule has 3 N–H and O–H groups in total. The van der Waals surface area contributed by atoms with Crippen molar-refractivity contribution in [2.75, 3.05) is 20.6 Å². The first-order chi connectivity index (χ1) is 25.2. The summed E-state index contributed by atoms with van der Waals surface area (Å²) in [5.41, 5.74) is 1.10. The zero-order valence-corrected chi connectivity index (χ0v) is 33.6. The third-order valence-corrected chi connectivity index (χ3v) is 11.3. The van der Waals surface area contributed by atoms with E-state index in [1.165, 1.54) is 11.3 Å². The number of likely N-dealkylation sites (N-methyl/N-ethyl adjacent to an activating group) is 2. The predicted molar refractivity (Wildman–Crippen MR) is 206 cm³/mol. The Bertz CT molecular complexity index is 1500. The summed E-state index contributed by atoms with van der Waals surface area (Å²) in [4.78, 5) is 74.3. The van der Waals surface area contributed by atoms with Gasteiger partial charge in [-0.1, -0.05) is 84.7 Å². The Labute approximate surface area is 319 Å². The number of carbonyl (C=O) groups excluding carboxylic acids is 4. The molecule has 7 atom stereocenters. The molecule has 1 saturated heterocycles. The minimum atomic E-state index is -0.942. The number of carbonyl (C=O) groups is 5. The van der Waals surface area contributed by atoms with Gasteiger partial charge in [-0.3, -0.25) is 28.9 Å². The first kappa shape index (κ1) is 43.6. The lowest BCUT2D eigenvalue weighted by atomic mass is 9.92. The number of esters is 1. The van der Waals surface area contributed by atoms with Crippen molar-refractivity contribution < 1.29 is 33.8 Å². The highest BCUT2D eigenvalue weighted by Gasteiger charge is 2.37. The van der Waals surface area contributed by atoms with Crippen LogP contribution < -0.4 is 10.6 Å². The maximum absolute atomic E-state index is 14.3. The summed E-state index contributed by atoms with van der Waals surface area (Å²) in [6.07, 6.45) is 4.34. The number of thiazole rings is 1. The molecule has 12 nitrogen and oxygen atoms in total. The van der Waals surface area contributed by atoms with Gasteiger partial charge in [0.1, 0.15) is 16.7 Å². The number of aliphatic carboxylic acids is 1. The highest BCUT2D eigenvalue weighted by atomic mass is 32.1. The lowest BCUT2D eigenvalue weighted by molar-refractivity contribution is -0.151.